The van der Waals surface area contributed by atoms with Crippen molar-refractivity contribution in [2.24, 2.45) is 0 Å². The summed E-state index contributed by atoms with van der Waals surface area (Å²) in [6, 6.07) is 19.8. The summed E-state index contributed by atoms with van der Waals surface area (Å²) in [5, 5.41) is 7.23. The minimum absolute atomic E-state index is 0.216. The van der Waals surface area contributed by atoms with Crippen molar-refractivity contribution in [1.82, 2.24) is 5.32 Å². The number of esters is 1. The monoisotopic (exact) mass is 388 g/mol. The third-order valence-electron chi connectivity index (χ3n) is 4.70. The smallest absolute Gasteiger partial charge is 0.339 e. The van der Waals surface area contributed by atoms with Gasteiger partial charge < -0.3 is 15.4 Å². The minimum atomic E-state index is -0.572. The second kappa shape index (κ2) is 8.14. The minimum Gasteiger partial charge on any atom is -0.452 e. The molecule has 2 amide bonds. The number of ether oxygens (including phenoxy) is 1. The number of para-hydroxylation sites is 1. The summed E-state index contributed by atoms with van der Waals surface area (Å²) in [5.41, 5.74) is 1.17. The standard InChI is InChI=1S/C23H20N2O4/c26-21(25-20-11-4-3-9-19(20)22(27)24-16-12-13-16)14-29-23(28)18-10-5-7-15-6-1-2-8-17(15)18/h1-11,16H,12-14H2,(H,24,27)(H,25,26). The summed E-state index contributed by atoms with van der Waals surface area (Å²) >= 11 is 0. The summed E-state index contributed by atoms with van der Waals surface area (Å²) in [7, 11) is 0. The van der Waals surface area contributed by atoms with Gasteiger partial charge in [0.1, 0.15) is 0 Å². The van der Waals surface area contributed by atoms with Gasteiger partial charge in [0.2, 0.25) is 0 Å². The molecule has 0 unspecified atom stereocenters. The van der Waals surface area contributed by atoms with Gasteiger partial charge in [-0.25, -0.2) is 4.79 Å². The molecule has 1 saturated carbocycles. The Morgan fingerprint density at radius 2 is 1.55 bits per heavy atom. The van der Waals surface area contributed by atoms with Crippen molar-refractivity contribution in [2.75, 3.05) is 11.9 Å². The molecule has 0 saturated heterocycles. The van der Waals surface area contributed by atoms with Crippen molar-refractivity contribution >= 4 is 34.2 Å². The van der Waals surface area contributed by atoms with Crippen molar-refractivity contribution in [3.8, 4) is 0 Å². The van der Waals surface area contributed by atoms with Crippen molar-refractivity contribution in [3.63, 3.8) is 0 Å². The Morgan fingerprint density at radius 1 is 0.862 bits per heavy atom. The Bertz CT molecular complexity index is 1080. The Morgan fingerprint density at radius 3 is 2.38 bits per heavy atom. The van der Waals surface area contributed by atoms with Crippen LogP contribution in [0.4, 0.5) is 5.69 Å². The zero-order valence-electron chi connectivity index (χ0n) is 15.7. The maximum atomic E-state index is 12.5. The van der Waals surface area contributed by atoms with Gasteiger partial charge in [-0.05, 0) is 41.8 Å². The zero-order valence-corrected chi connectivity index (χ0v) is 15.7. The molecular weight excluding hydrogens is 368 g/mol. The van der Waals surface area contributed by atoms with Crippen LogP contribution in [0, 0.1) is 0 Å². The maximum absolute atomic E-state index is 12.5. The first-order valence-corrected chi connectivity index (χ1v) is 9.46. The number of anilines is 1. The summed E-state index contributed by atoms with van der Waals surface area (Å²) in [6.45, 7) is -0.444. The van der Waals surface area contributed by atoms with Crippen LogP contribution >= 0.6 is 0 Å². The van der Waals surface area contributed by atoms with Crippen LogP contribution in [0.1, 0.15) is 33.6 Å². The molecule has 0 bridgehead atoms. The summed E-state index contributed by atoms with van der Waals surface area (Å²) in [4.78, 5) is 37.1. The molecule has 6 heteroatoms. The van der Waals surface area contributed by atoms with Crippen LogP contribution in [0.15, 0.2) is 66.7 Å². The van der Waals surface area contributed by atoms with Crippen LogP contribution in [-0.4, -0.2) is 30.4 Å². The van der Waals surface area contributed by atoms with Gasteiger partial charge in [-0.2, -0.15) is 0 Å². The van der Waals surface area contributed by atoms with E-state index in [1.165, 1.54) is 0 Å². The molecule has 3 aromatic rings. The second-order valence-electron chi connectivity index (χ2n) is 6.94. The van der Waals surface area contributed by atoms with Crippen LogP contribution in [0.25, 0.3) is 10.8 Å². The molecule has 0 heterocycles. The van der Waals surface area contributed by atoms with E-state index >= 15 is 0 Å². The average Bonchev–Trinajstić information content (AvgIpc) is 3.56. The quantitative estimate of drug-likeness (QED) is 0.633. The van der Waals surface area contributed by atoms with Crippen molar-refractivity contribution in [1.29, 1.82) is 0 Å². The third kappa shape index (κ3) is 4.43. The largest absolute Gasteiger partial charge is 0.452 e. The number of rotatable bonds is 6. The summed E-state index contributed by atoms with van der Waals surface area (Å²) in [6.07, 6.45) is 1.95. The normalized spacial score (nSPS) is 13.0. The molecule has 0 atom stereocenters. The van der Waals surface area contributed by atoms with Crippen LogP contribution in [0.2, 0.25) is 0 Å². The number of hydrogen-bond donors (Lipinski definition) is 2. The molecule has 2 N–H and O–H groups in total. The molecule has 6 nitrogen and oxygen atoms in total. The van der Waals surface area contributed by atoms with Gasteiger partial charge in [0.15, 0.2) is 6.61 Å². The lowest BCUT2D eigenvalue weighted by molar-refractivity contribution is -0.119. The summed E-state index contributed by atoms with van der Waals surface area (Å²) in [5.74, 6) is -1.31. The van der Waals surface area contributed by atoms with Gasteiger partial charge in [-0.3, -0.25) is 9.59 Å². The first kappa shape index (κ1) is 18.7. The van der Waals surface area contributed by atoms with Gasteiger partial charge in [-0.15, -0.1) is 0 Å². The van der Waals surface area contributed by atoms with Crippen molar-refractivity contribution in [2.45, 2.75) is 18.9 Å². The Hall–Kier alpha value is -3.67. The predicted octanol–water partition coefficient (Wildman–Crippen LogP) is 3.53. The number of benzene rings is 3. The zero-order chi connectivity index (χ0) is 20.2. The van der Waals surface area contributed by atoms with E-state index in [0.717, 1.165) is 23.6 Å². The Kier molecular flexibility index (Phi) is 5.24. The van der Waals surface area contributed by atoms with Crippen LogP contribution in [0.3, 0.4) is 0 Å². The first-order chi connectivity index (χ1) is 14.1. The number of carbonyl (C=O) groups is 3. The Labute approximate surface area is 167 Å². The second-order valence-corrected chi connectivity index (χ2v) is 6.94. The topological polar surface area (TPSA) is 84.5 Å². The molecular formula is C23H20N2O4. The number of nitrogens with one attached hydrogen (secondary N) is 2. The molecule has 1 aliphatic carbocycles. The van der Waals surface area contributed by atoms with E-state index < -0.39 is 18.5 Å². The van der Waals surface area contributed by atoms with E-state index in [1.807, 2.05) is 30.3 Å². The molecule has 1 fully saturated rings. The van der Waals surface area contributed by atoms with E-state index in [0.29, 0.717) is 16.8 Å². The van der Waals surface area contributed by atoms with E-state index in [1.54, 1.807) is 36.4 Å². The fraction of sp³-hybridized carbons (Fsp3) is 0.174. The van der Waals surface area contributed by atoms with E-state index in [9.17, 15) is 14.4 Å². The number of amides is 2. The number of hydrogen-bond acceptors (Lipinski definition) is 4. The fourth-order valence-electron chi connectivity index (χ4n) is 3.08. The molecule has 1 aliphatic rings. The van der Waals surface area contributed by atoms with Gasteiger partial charge in [0.05, 0.1) is 16.8 Å². The summed E-state index contributed by atoms with van der Waals surface area (Å²) < 4.78 is 5.19. The molecule has 146 valence electrons. The maximum Gasteiger partial charge on any atom is 0.339 e. The van der Waals surface area contributed by atoms with Crippen LogP contribution in [0.5, 0.6) is 0 Å². The molecule has 0 spiro atoms. The number of carbonyl (C=O) groups excluding carboxylic acids is 3. The van der Waals surface area contributed by atoms with Crippen molar-refractivity contribution in [3.05, 3.63) is 77.9 Å². The molecule has 0 aliphatic heterocycles. The predicted molar refractivity (Wildman–Crippen MR) is 110 cm³/mol. The highest BCUT2D eigenvalue weighted by atomic mass is 16.5. The van der Waals surface area contributed by atoms with Gasteiger partial charge in [0.25, 0.3) is 11.8 Å². The van der Waals surface area contributed by atoms with Gasteiger partial charge in [0, 0.05) is 6.04 Å². The molecule has 0 aromatic heterocycles. The third-order valence-corrected chi connectivity index (χ3v) is 4.70. The fourth-order valence-corrected chi connectivity index (χ4v) is 3.08. The van der Waals surface area contributed by atoms with Crippen LogP contribution in [-0.2, 0) is 9.53 Å². The molecule has 29 heavy (non-hydrogen) atoms. The van der Waals surface area contributed by atoms with Crippen molar-refractivity contribution < 1.29 is 19.1 Å². The van der Waals surface area contributed by atoms with Gasteiger partial charge >= 0.3 is 5.97 Å². The lowest BCUT2D eigenvalue weighted by atomic mass is 10.1. The lowest BCUT2D eigenvalue weighted by Crippen LogP contribution is -2.28. The van der Waals surface area contributed by atoms with E-state index in [-0.39, 0.29) is 11.9 Å². The molecule has 4 rings (SSSR count). The van der Waals surface area contributed by atoms with E-state index in [4.69, 9.17) is 4.74 Å². The highest BCUT2D eigenvalue weighted by Crippen LogP contribution is 2.22. The average molecular weight is 388 g/mol. The van der Waals surface area contributed by atoms with Gasteiger partial charge in [-0.1, -0.05) is 48.5 Å². The lowest BCUT2D eigenvalue weighted by Gasteiger charge is -2.12. The SMILES string of the molecule is O=C(COC(=O)c1cccc2ccccc12)Nc1ccccc1C(=O)NC1CC1. The Balaban J connectivity index is 1.40. The van der Waals surface area contributed by atoms with E-state index in [2.05, 4.69) is 10.6 Å². The highest BCUT2D eigenvalue weighted by molar-refractivity contribution is 6.06. The number of fused-ring (bicyclic) bond motifs is 1. The molecule has 0 radical (unpaired) electrons. The van der Waals surface area contributed by atoms with Crippen LogP contribution < -0.4 is 10.6 Å². The molecule has 3 aromatic carbocycles. The highest BCUT2D eigenvalue weighted by Gasteiger charge is 2.25. The first-order valence-electron chi connectivity index (χ1n) is 9.46.